The van der Waals surface area contributed by atoms with E-state index in [-0.39, 0.29) is 17.6 Å². The van der Waals surface area contributed by atoms with Gasteiger partial charge in [-0.15, -0.1) is 0 Å². The SMILES string of the molecule is CC1(C)C[C@@H](NC(=O)c2ccc(C(=O)O)o2)c2ccccc2O1. The van der Waals surface area contributed by atoms with Gasteiger partial charge >= 0.3 is 5.97 Å². The smallest absolute Gasteiger partial charge is 0.371 e. The molecule has 1 aliphatic heterocycles. The standard InChI is InChI=1S/C17H17NO5/c1-17(2)9-11(10-5-3-4-6-12(10)23-17)18-15(19)13-7-8-14(22-13)16(20)21/h3-8,11H,9H2,1-2H3,(H,18,19)(H,20,21)/t11-/m1/s1. The van der Waals surface area contributed by atoms with Crippen LogP contribution in [0.15, 0.2) is 40.8 Å². The lowest BCUT2D eigenvalue weighted by Crippen LogP contribution is -2.41. The Morgan fingerprint density at radius 2 is 1.87 bits per heavy atom. The van der Waals surface area contributed by atoms with Crippen molar-refractivity contribution in [2.24, 2.45) is 0 Å². The lowest BCUT2D eigenvalue weighted by Gasteiger charge is -2.37. The molecule has 6 nitrogen and oxygen atoms in total. The molecule has 0 unspecified atom stereocenters. The third-order valence-electron chi connectivity index (χ3n) is 3.72. The zero-order chi connectivity index (χ0) is 16.6. The second kappa shape index (κ2) is 5.46. The second-order valence-corrected chi connectivity index (χ2v) is 6.10. The number of carboxylic acid groups (broad SMARTS) is 1. The van der Waals surface area contributed by atoms with Crippen molar-refractivity contribution in [3.8, 4) is 5.75 Å². The molecule has 2 aromatic rings. The number of amides is 1. The summed E-state index contributed by atoms with van der Waals surface area (Å²) >= 11 is 0. The van der Waals surface area contributed by atoms with Gasteiger partial charge in [-0.1, -0.05) is 18.2 Å². The molecule has 1 amide bonds. The molecule has 23 heavy (non-hydrogen) atoms. The van der Waals surface area contributed by atoms with Gasteiger partial charge in [0.15, 0.2) is 5.76 Å². The molecule has 0 radical (unpaired) electrons. The monoisotopic (exact) mass is 315 g/mol. The van der Waals surface area contributed by atoms with Crippen LogP contribution in [0.25, 0.3) is 0 Å². The van der Waals surface area contributed by atoms with Crippen LogP contribution in [0.2, 0.25) is 0 Å². The Morgan fingerprint density at radius 1 is 1.17 bits per heavy atom. The molecular formula is C17H17NO5. The molecule has 1 aromatic carbocycles. The zero-order valence-corrected chi connectivity index (χ0v) is 12.8. The van der Waals surface area contributed by atoms with E-state index in [0.717, 1.165) is 11.3 Å². The average molecular weight is 315 g/mol. The minimum absolute atomic E-state index is 0.0239. The number of hydrogen-bond donors (Lipinski definition) is 2. The molecule has 0 aliphatic carbocycles. The number of carboxylic acids is 1. The first kappa shape index (κ1) is 15.1. The summed E-state index contributed by atoms with van der Waals surface area (Å²) in [5.41, 5.74) is 0.479. The van der Waals surface area contributed by atoms with Crippen molar-refractivity contribution in [1.82, 2.24) is 5.32 Å². The number of fused-ring (bicyclic) bond motifs is 1. The lowest BCUT2D eigenvalue weighted by atomic mass is 9.89. The lowest BCUT2D eigenvalue weighted by molar-refractivity contribution is 0.0609. The summed E-state index contributed by atoms with van der Waals surface area (Å²) in [6.45, 7) is 3.91. The highest BCUT2D eigenvalue weighted by Crippen LogP contribution is 2.39. The Hall–Kier alpha value is -2.76. The highest BCUT2D eigenvalue weighted by molar-refractivity contribution is 5.93. The summed E-state index contributed by atoms with van der Waals surface area (Å²) in [6, 6.07) is 9.92. The van der Waals surface area contributed by atoms with E-state index in [1.807, 2.05) is 38.1 Å². The van der Waals surface area contributed by atoms with Crippen molar-refractivity contribution in [2.45, 2.75) is 31.9 Å². The van der Waals surface area contributed by atoms with E-state index in [0.29, 0.717) is 6.42 Å². The Labute approximate surface area is 133 Å². The fourth-order valence-corrected chi connectivity index (χ4v) is 2.74. The van der Waals surface area contributed by atoms with Crippen molar-refractivity contribution in [2.75, 3.05) is 0 Å². The highest BCUT2D eigenvalue weighted by atomic mass is 16.5. The third-order valence-corrected chi connectivity index (χ3v) is 3.72. The first-order chi connectivity index (χ1) is 10.9. The van der Waals surface area contributed by atoms with Gasteiger partial charge < -0.3 is 19.6 Å². The van der Waals surface area contributed by atoms with E-state index >= 15 is 0 Å². The number of aromatic carboxylic acids is 1. The summed E-state index contributed by atoms with van der Waals surface area (Å²) in [6.07, 6.45) is 0.599. The number of hydrogen-bond acceptors (Lipinski definition) is 4. The van der Waals surface area contributed by atoms with Crippen LogP contribution in [-0.4, -0.2) is 22.6 Å². The number of ether oxygens (including phenoxy) is 1. The minimum atomic E-state index is -1.21. The fraction of sp³-hybridized carbons (Fsp3) is 0.294. The van der Waals surface area contributed by atoms with E-state index in [4.69, 9.17) is 14.3 Å². The molecule has 120 valence electrons. The van der Waals surface area contributed by atoms with Crippen molar-refractivity contribution < 1.29 is 23.8 Å². The summed E-state index contributed by atoms with van der Waals surface area (Å²) in [5, 5.41) is 11.8. The number of carbonyl (C=O) groups is 2. The normalized spacial score (nSPS) is 18.6. The van der Waals surface area contributed by atoms with Crippen LogP contribution in [0.1, 0.15) is 53.0 Å². The van der Waals surface area contributed by atoms with Crippen LogP contribution in [0.3, 0.4) is 0 Å². The molecule has 1 aliphatic rings. The van der Waals surface area contributed by atoms with Gasteiger partial charge in [0.1, 0.15) is 11.4 Å². The van der Waals surface area contributed by atoms with Crippen molar-refractivity contribution in [3.05, 3.63) is 53.5 Å². The summed E-state index contributed by atoms with van der Waals surface area (Å²) in [4.78, 5) is 23.2. The Kier molecular flexibility index (Phi) is 3.60. The number of rotatable bonds is 3. The maximum Gasteiger partial charge on any atom is 0.371 e. The number of carbonyl (C=O) groups excluding carboxylic acids is 1. The van der Waals surface area contributed by atoms with Crippen LogP contribution >= 0.6 is 0 Å². The maximum absolute atomic E-state index is 12.3. The molecule has 0 fully saturated rings. The molecule has 0 saturated carbocycles. The van der Waals surface area contributed by atoms with Crippen molar-refractivity contribution >= 4 is 11.9 Å². The Balaban J connectivity index is 1.84. The molecular weight excluding hydrogens is 298 g/mol. The largest absolute Gasteiger partial charge is 0.487 e. The molecule has 1 aromatic heterocycles. The zero-order valence-electron chi connectivity index (χ0n) is 12.8. The molecule has 6 heteroatoms. The van der Waals surface area contributed by atoms with Crippen LogP contribution in [0.5, 0.6) is 5.75 Å². The van der Waals surface area contributed by atoms with Gasteiger partial charge in [-0.2, -0.15) is 0 Å². The third kappa shape index (κ3) is 3.06. The van der Waals surface area contributed by atoms with Crippen LogP contribution < -0.4 is 10.1 Å². The molecule has 0 saturated heterocycles. The number of furan rings is 1. The van der Waals surface area contributed by atoms with Gasteiger partial charge in [-0.05, 0) is 32.0 Å². The number of nitrogens with one attached hydrogen (secondary N) is 1. The minimum Gasteiger partial charge on any atom is -0.487 e. The number of para-hydroxylation sites is 1. The first-order valence-electron chi connectivity index (χ1n) is 7.28. The fourth-order valence-electron chi connectivity index (χ4n) is 2.74. The Morgan fingerprint density at radius 3 is 2.57 bits per heavy atom. The molecule has 1 atom stereocenters. The van der Waals surface area contributed by atoms with Crippen molar-refractivity contribution in [1.29, 1.82) is 0 Å². The molecule has 3 rings (SSSR count). The predicted octanol–water partition coefficient (Wildman–Crippen LogP) is 3.01. The summed E-state index contributed by atoms with van der Waals surface area (Å²) in [5.74, 6) is -1.21. The topological polar surface area (TPSA) is 88.8 Å². The molecule has 0 bridgehead atoms. The average Bonchev–Trinajstić information content (AvgIpc) is 2.96. The second-order valence-electron chi connectivity index (χ2n) is 6.10. The Bertz CT molecular complexity index is 762. The van der Waals surface area contributed by atoms with Gasteiger partial charge in [0.05, 0.1) is 6.04 Å². The molecule has 2 heterocycles. The van der Waals surface area contributed by atoms with E-state index in [9.17, 15) is 9.59 Å². The van der Waals surface area contributed by atoms with Crippen LogP contribution in [-0.2, 0) is 0 Å². The summed E-state index contributed by atoms with van der Waals surface area (Å²) in [7, 11) is 0. The number of benzene rings is 1. The van der Waals surface area contributed by atoms with E-state index < -0.39 is 17.5 Å². The quantitative estimate of drug-likeness (QED) is 0.909. The van der Waals surface area contributed by atoms with Gasteiger partial charge in [0.2, 0.25) is 5.76 Å². The van der Waals surface area contributed by atoms with Gasteiger partial charge in [0, 0.05) is 12.0 Å². The van der Waals surface area contributed by atoms with Gasteiger partial charge in [0.25, 0.3) is 5.91 Å². The van der Waals surface area contributed by atoms with Crippen molar-refractivity contribution in [3.63, 3.8) is 0 Å². The van der Waals surface area contributed by atoms with E-state index in [1.54, 1.807) is 0 Å². The van der Waals surface area contributed by atoms with E-state index in [2.05, 4.69) is 5.32 Å². The van der Waals surface area contributed by atoms with E-state index in [1.165, 1.54) is 12.1 Å². The molecule has 0 spiro atoms. The predicted molar refractivity (Wildman–Crippen MR) is 81.6 cm³/mol. The highest BCUT2D eigenvalue weighted by Gasteiger charge is 2.34. The summed E-state index contributed by atoms with van der Waals surface area (Å²) < 4.78 is 11.0. The maximum atomic E-state index is 12.3. The first-order valence-corrected chi connectivity index (χ1v) is 7.28. The van der Waals surface area contributed by atoms with Crippen LogP contribution in [0, 0.1) is 0 Å². The van der Waals surface area contributed by atoms with Crippen LogP contribution in [0.4, 0.5) is 0 Å². The van der Waals surface area contributed by atoms with Gasteiger partial charge in [-0.25, -0.2) is 4.79 Å². The molecule has 2 N–H and O–H groups in total. The van der Waals surface area contributed by atoms with Gasteiger partial charge in [-0.3, -0.25) is 4.79 Å².